The van der Waals surface area contributed by atoms with Crippen molar-refractivity contribution in [3.63, 3.8) is 0 Å². The van der Waals surface area contributed by atoms with Gasteiger partial charge < -0.3 is 4.57 Å². The van der Waals surface area contributed by atoms with E-state index in [0.29, 0.717) is 5.92 Å². The fourth-order valence-corrected chi connectivity index (χ4v) is 6.73. The molecule has 0 fully saturated rings. The molecule has 45 heavy (non-hydrogen) atoms. The Morgan fingerprint density at radius 3 is 1.47 bits per heavy atom. The summed E-state index contributed by atoms with van der Waals surface area (Å²) in [5.41, 5.74) is 12.6. The molecule has 1 aromatic heterocycles. The van der Waals surface area contributed by atoms with E-state index in [1.165, 1.54) is 66.4 Å². The zero-order valence-electron chi connectivity index (χ0n) is 25.1. The van der Waals surface area contributed by atoms with Crippen LogP contribution in [0.3, 0.4) is 0 Å². The van der Waals surface area contributed by atoms with Crippen molar-refractivity contribution in [2.75, 3.05) is 0 Å². The molecule has 0 bridgehead atoms. The molecular weight excluding hydrogens is 542 g/mol. The van der Waals surface area contributed by atoms with Gasteiger partial charge in [0.1, 0.15) is 0 Å². The Morgan fingerprint density at radius 2 is 0.844 bits per heavy atom. The predicted octanol–water partition coefficient (Wildman–Crippen LogP) is 11.5. The highest BCUT2D eigenvalue weighted by atomic mass is 15.0. The maximum Gasteiger partial charge on any atom is 0.0547 e. The zero-order valence-corrected chi connectivity index (χ0v) is 25.1. The SMILES string of the molecule is c1ccc(C(Cc2ccc(-c3ccc(-c4ccc5c6ccccc6n(-c6ccccc6)c5c4)cc3)cc2)c2ccccc2)cc1. The van der Waals surface area contributed by atoms with Gasteiger partial charge in [-0.15, -0.1) is 0 Å². The minimum Gasteiger partial charge on any atom is -0.309 e. The minimum absolute atomic E-state index is 0.329. The van der Waals surface area contributed by atoms with Crippen LogP contribution < -0.4 is 0 Å². The quantitative estimate of drug-likeness (QED) is 0.178. The van der Waals surface area contributed by atoms with Crippen molar-refractivity contribution in [3.8, 4) is 27.9 Å². The maximum atomic E-state index is 2.38. The van der Waals surface area contributed by atoms with Gasteiger partial charge >= 0.3 is 0 Å². The van der Waals surface area contributed by atoms with Gasteiger partial charge in [-0.3, -0.25) is 0 Å². The van der Waals surface area contributed by atoms with Crippen LogP contribution in [0.2, 0.25) is 0 Å². The monoisotopic (exact) mass is 575 g/mol. The van der Waals surface area contributed by atoms with E-state index in [0.717, 1.165) is 6.42 Å². The molecule has 0 unspecified atom stereocenters. The first-order chi connectivity index (χ1) is 22.3. The van der Waals surface area contributed by atoms with Crippen molar-refractivity contribution in [2.45, 2.75) is 12.3 Å². The summed E-state index contributed by atoms with van der Waals surface area (Å²) in [5.74, 6) is 0.329. The number of hydrogen-bond donors (Lipinski definition) is 0. The Kier molecular flexibility index (Phi) is 7.05. The molecule has 0 amide bonds. The molecule has 0 aliphatic carbocycles. The summed E-state index contributed by atoms with van der Waals surface area (Å²) in [6.45, 7) is 0. The lowest BCUT2D eigenvalue weighted by Crippen LogP contribution is -2.05. The van der Waals surface area contributed by atoms with E-state index in [1.54, 1.807) is 0 Å². The summed E-state index contributed by atoms with van der Waals surface area (Å²) >= 11 is 0. The molecule has 0 saturated heterocycles. The third-order valence-corrected chi connectivity index (χ3v) is 9.04. The molecule has 8 rings (SSSR count). The smallest absolute Gasteiger partial charge is 0.0547 e. The summed E-state index contributed by atoms with van der Waals surface area (Å²) in [6, 6.07) is 66.0. The van der Waals surface area contributed by atoms with Crippen molar-refractivity contribution in [1.29, 1.82) is 0 Å². The van der Waals surface area contributed by atoms with Gasteiger partial charge in [0.05, 0.1) is 11.0 Å². The molecule has 0 radical (unpaired) electrons. The highest BCUT2D eigenvalue weighted by Gasteiger charge is 2.15. The van der Waals surface area contributed by atoms with Gasteiger partial charge in [-0.05, 0) is 69.6 Å². The van der Waals surface area contributed by atoms with Crippen LogP contribution in [0.25, 0.3) is 49.7 Å². The van der Waals surface area contributed by atoms with Crippen LogP contribution in [-0.4, -0.2) is 4.57 Å². The van der Waals surface area contributed by atoms with E-state index >= 15 is 0 Å². The Balaban J connectivity index is 1.08. The van der Waals surface area contributed by atoms with Crippen LogP contribution >= 0.6 is 0 Å². The summed E-state index contributed by atoms with van der Waals surface area (Å²) in [5, 5.41) is 2.55. The molecule has 1 heterocycles. The molecule has 1 nitrogen and oxygen atoms in total. The third-order valence-electron chi connectivity index (χ3n) is 9.04. The molecule has 0 N–H and O–H groups in total. The molecule has 0 atom stereocenters. The number of rotatable bonds is 7. The number of nitrogens with zero attached hydrogens (tertiary/aromatic N) is 1. The normalized spacial score (nSPS) is 11.4. The predicted molar refractivity (Wildman–Crippen MR) is 190 cm³/mol. The first-order valence-corrected chi connectivity index (χ1v) is 15.7. The van der Waals surface area contributed by atoms with Crippen molar-refractivity contribution >= 4 is 21.8 Å². The molecule has 0 aliphatic rings. The highest BCUT2D eigenvalue weighted by Crippen LogP contribution is 2.35. The molecule has 0 aliphatic heterocycles. The molecule has 214 valence electrons. The van der Waals surface area contributed by atoms with Gasteiger partial charge in [0, 0.05) is 22.4 Å². The third kappa shape index (κ3) is 5.24. The van der Waals surface area contributed by atoms with Crippen molar-refractivity contribution in [2.24, 2.45) is 0 Å². The first-order valence-electron chi connectivity index (χ1n) is 15.7. The second-order valence-corrected chi connectivity index (χ2v) is 11.8. The van der Waals surface area contributed by atoms with Crippen LogP contribution in [0.15, 0.2) is 182 Å². The molecule has 0 spiro atoms. The number of aromatic nitrogens is 1. The van der Waals surface area contributed by atoms with E-state index in [1.807, 2.05) is 0 Å². The molecule has 8 aromatic rings. The van der Waals surface area contributed by atoms with Crippen molar-refractivity contribution < 1.29 is 0 Å². The lowest BCUT2D eigenvalue weighted by Gasteiger charge is -2.18. The summed E-state index contributed by atoms with van der Waals surface area (Å²) in [6.07, 6.45) is 0.968. The molecular formula is C44H33N. The van der Waals surface area contributed by atoms with E-state index < -0.39 is 0 Å². The Hall–Kier alpha value is -5.66. The van der Waals surface area contributed by atoms with E-state index in [4.69, 9.17) is 0 Å². The number of para-hydroxylation sites is 2. The van der Waals surface area contributed by atoms with Gasteiger partial charge in [-0.1, -0.05) is 158 Å². The van der Waals surface area contributed by atoms with Gasteiger partial charge in [-0.2, -0.15) is 0 Å². The maximum absolute atomic E-state index is 2.38. The highest BCUT2D eigenvalue weighted by molar-refractivity contribution is 6.10. The number of fused-ring (bicyclic) bond motifs is 3. The average Bonchev–Trinajstić information content (AvgIpc) is 3.46. The largest absolute Gasteiger partial charge is 0.309 e. The van der Waals surface area contributed by atoms with E-state index in [-0.39, 0.29) is 0 Å². The average molecular weight is 576 g/mol. The van der Waals surface area contributed by atoms with Crippen LogP contribution in [0, 0.1) is 0 Å². The molecule has 0 saturated carbocycles. The topological polar surface area (TPSA) is 4.93 Å². The van der Waals surface area contributed by atoms with E-state index in [2.05, 4.69) is 187 Å². The first kappa shape index (κ1) is 26.9. The Bertz CT molecular complexity index is 2150. The van der Waals surface area contributed by atoms with Gasteiger partial charge in [-0.25, -0.2) is 0 Å². The van der Waals surface area contributed by atoms with Crippen LogP contribution in [0.5, 0.6) is 0 Å². The fraction of sp³-hybridized carbons (Fsp3) is 0.0455. The second-order valence-electron chi connectivity index (χ2n) is 11.8. The Morgan fingerprint density at radius 1 is 0.378 bits per heavy atom. The van der Waals surface area contributed by atoms with Gasteiger partial charge in [0.25, 0.3) is 0 Å². The van der Waals surface area contributed by atoms with Crippen molar-refractivity contribution in [3.05, 3.63) is 199 Å². The lowest BCUT2D eigenvalue weighted by molar-refractivity contribution is 0.805. The Labute approximate surface area is 264 Å². The van der Waals surface area contributed by atoms with Crippen LogP contribution in [0.4, 0.5) is 0 Å². The second kappa shape index (κ2) is 11.8. The number of benzene rings is 7. The van der Waals surface area contributed by atoms with Gasteiger partial charge in [0.2, 0.25) is 0 Å². The molecule has 1 heteroatoms. The van der Waals surface area contributed by atoms with Crippen LogP contribution in [-0.2, 0) is 6.42 Å². The summed E-state index contributed by atoms with van der Waals surface area (Å²) in [4.78, 5) is 0. The lowest BCUT2D eigenvalue weighted by atomic mass is 9.85. The van der Waals surface area contributed by atoms with Gasteiger partial charge in [0.15, 0.2) is 0 Å². The number of hydrogen-bond acceptors (Lipinski definition) is 0. The standard InChI is InChI=1S/C44H33N/c1-4-12-36(13-5-1)42(37-14-6-2-7-15-37)30-32-20-22-33(23-21-32)34-24-26-35(27-25-34)38-28-29-41-40-18-10-11-19-43(40)45(44(41)31-38)39-16-8-3-9-17-39/h1-29,31,42H,30H2. The zero-order chi connectivity index (χ0) is 30.0. The fourth-order valence-electron chi connectivity index (χ4n) is 6.73. The minimum atomic E-state index is 0.329. The van der Waals surface area contributed by atoms with E-state index in [9.17, 15) is 0 Å². The van der Waals surface area contributed by atoms with Crippen LogP contribution in [0.1, 0.15) is 22.6 Å². The summed E-state index contributed by atoms with van der Waals surface area (Å²) < 4.78 is 2.38. The van der Waals surface area contributed by atoms with Crippen molar-refractivity contribution in [1.82, 2.24) is 4.57 Å². The molecule has 7 aromatic carbocycles. The summed E-state index contributed by atoms with van der Waals surface area (Å²) in [7, 11) is 0.